The molecular weight excluding hydrogens is 258 g/mol. The summed E-state index contributed by atoms with van der Waals surface area (Å²) >= 11 is 0. The van der Waals surface area contributed by atoms with Crippen LogP contribution < -0.4 is 16.6 Å². The van der Waals surface area contributed by atoms with Gasteiger partial charge in [-0.2, -0.15) is 0 Å². The fraction of sp³-hybridized carbons (Fsp3) is 0.692. The van der Waals surface area contributed by atoms with E-state index in [9.17, 15) is 5.11 Å². The summed E-state index contributed by atoms with van der Waals surface area (Å²) in [6.45, 7) is 2.91. The highest BCUT2D eigenvalue weighted by Gasteiger charge is 2.19. The first-order chi connectivity index (χ1) is 9.71. The summed E-state index contributed by atoms with van der Waals surface area (Å²) in [7, 11) is 0. The molecule has 1 aromatic heterocycles. The lowest BCUT2D eigenvalue weighted by Crippen LogP contribution is -2.28. The second-order valence-corrected chi connectivity index (χ2v) is 4.99. The van der Waals surface area contributed by atoms with Crippen LogP contribution in [-0.2, 0) is 11.3 Å². The molecule has 1 aliphatic carbocycles. The van der Waals surface area contributed by atoms with E-state index in [0.29, 0.717) is 30.9 Å². The molecule has 0 unspecified atom stereocenters. The molecule has 1 aromatic rings. The van der Waals surface area contributed by atoms with Crippen molar-refractivity contribution in [2.75, 3.05) is 17.3 Å². The van der Waals surface area contributed by atoms with Gasteiger partial charge in [-0.15, -0.1) is 0 Å². The van der Waals surface area contributed by atoms with Gasteiger partial charge >= 0.3 is 0 Å². The number of hydrogen-bond donors (Lipinski definition) is 4. The summed E-state index contributed by atoms with van der Waals surface area (Å²) < 4.78 is 5.32. The molecule has 1 fully saturated rings. The Balaban J connectivity index is 2.02. The Kier molecular flexibility index (Phi) is 5.51. The number of rotatable bonds is 6. The zero-order valence-corrected chi connectivity index (χ0v) is 11.8. The molecular formula is C13H23N5O2. The first-order valence-corrected chi connectivity index (χ1v) is 7.08. The Labute approximate surface area is 118 Å². The maximum absolute atomic E-state index is 9.52. The Morgan fingerprint density at radius 2 is 2.00 bits per heavy atom. The van der Waals surface area contributed by atoms with Crippen LogP contribution in [0, 0.1) is 0 Å². The van der Waals surface area contributed by atoms with Crippen molar-refractivity contribution >= 4 is 11.6 Å². The molecule has 1 heterocycles. The third-order valence-electron chi connectivity index (χ3n) is 3.40. The number of aromatic nitrogens is 2. The molecule has 2 rings (SSSR count). The molecule has 20 heavy (non-hydrogen) atoms. The molecule has 7 nitrogen and oxygen atoms in total. The number of nitrogen functional groups attached to an aromatic ring is 1. The molecule has 0 radical (unpaired) electrons. The van der Waals surface area contributed by atoms with E-state index in [1.165, 1.54) is 0 Å². The van der Waals surface area contributed by atoms with E-state index in [0.717, 1.165) is 31.5 Å². The van der Waals surface area contributed by atoms with Gasteiger partial charge in [-0.25, -0.2) is 15.8 Å². The van der Waals surface area contributed by atoms with Crippen molar-refractivity contribution in [3.8, 4) is 0 Å². The quantitative estimate of drug-likeness (QED) is 0.455. The molecule has 112 valence electrons. The predicted molar refractivity (Wildman–Crippen MR) is 77.1 cm³/mol. The molecule has 0 saturated heterocycles. The number of nitrogens with zero attached hydrogens (tertiary/aromatic N) is 2. The smallest absolute Gasteiger partial charge is 0.158 e. The number of hydrazine groups is 1. The highest BCUT2D eigenvalue weighted by atomic mass is 16.5. The number of nitrogens with one attached hydrogen (secondary N) is 2. The molecule has 0 atom stereocenters. The van der Waals surface area contributed by atoms with Crippen molar-refractivity contribution in [1.29, 1.82) is 0 Å². The number of hydrogen-bond acceptors (Lipinski definition) is 7. The number of nitrogens with two attached hydrogens (primary N) is 1. The van der Waals surface area contributed by atoms with Crippen molar-refractivity contribution in [3.05, 3.63) is 11.9 Å². The van der Waals surface area contributed by atoms with Gasteiger partial charge in [0.25, 0.3) is 0 Å². The first kappa shape index (κ1) is 15.0. The molecule has 0 bridgehead atoms. The van der Waals surface area contributed by atoms with Gasteiger partial charge in [0, 0.05) is 18.7 Å². The summed E-state index contributed by atoms with van der Waals surface area (Å²) in [5.41, 5.74) is 2.54. The second kappa shape index (κ2) is 7.37. The minimum atomic E-state index is -0.159. The van der Waals surface area contributed by atoms with Crippen LogP contribution in [0.2, 0.25) is 0 Å². The highest BCUT2D eigenvalue weighted by molar-refractivity contribution is 5.47. The zero-order valence-electron chi connectivity index (χ0n) is 11.8. The van der Waals surface area contributed by atoms with Gasteiger partial charge in [0.1, 0.15) is 18.2 Å². The van der Waals surface area contributed by atoms with Crippen molar-refractivity contribution in [2.45, 2.75) is 51.4 Å². The van der Waals surface area contributed by atoms with Gasteiger partial charge in [-0.1, -0.05) is 0 Å². The summed E-state index contributed by atoms with van der Waals surface area (Å²) in [6.07, 6.45) is 3.38. The Hall–Kier alpha value is -1.44. The van der Waals surface area contributed by atoms with E-state index < -0.39 is 0 Å². The van der Waals surface area contributed by atoms with Gasteiger partial charge in [0.15, 0.2) is 5.82 Å². The normalized spacial score (nSPS) is 22.6. The number of anilines is 2. The van der Waals surface area contributed by atoms with Gasteiger partial charge in [-0.05, 0) is 32.6 Å². The fourth-order valence-electron chi connectivity index (χ4n) is 2.33. The van der Waals surface area contributed by atoms with Gasteiger partial charge in [-0.3, -0.25) is 0 Å². The summed E-state index contributed by atoms with van der Waals surface area (Å²) in [4.78, 5) is 8.67. The summed E-state index contributed by atoms with van der Waals surface area (Å²) in [5.74, 6) is 7.33. The fourth-order valence-corrected chi connectivity index (χ4v) is 2.33. The second-order valence-electron chi connectivity index (χ2n) is 4.99. The lowest BCUT2D eigenvalue weighted by molar-refractivity contribution is 0.125. The Morgan fingerprint density at radius 3 is 2.65 bits per heavy atom. The number of aliphatic hydroxyl groups excluding tert-OH is 1. The minimum absolute atomic E-state index is 0.159. The number of ether oxygens (including phenoxy) is 1. The van der Waals surface area contributed by atoms with Crippen LogP contribution in [-0.4, -0.2) is 33.8 Å². The van der Waals surface area contributed by atoms with Crippen LogP contribution >= 0.6 is 0 Å². The highest BCUT2D eigenvalue weighted by Crippen LogP contribution is 2.22. The molecule has 7 heteroatoms. The third-order valence-corrected chi connectivity index (χ3v) is 3.40. The standard InChI is InChI=1S/C13H23N5O2/c1-2-20-8-13-16-11(7-12(17-13)18-14)15-9-3-5-10(19)6-4-9/h7,9-10,19H,2-6,8,14H2,1H3,(H2,15,16,17,18). The van der Waals surface area contributed by atoms with Crippen molar-refractivity contribution in [1.82, 2.24) is 9.97 Å². The van der Waals surface area contributed by atoms with Crippen LogP contribution in [0.5, 0.6) is 0 Å². The van der Waals surface area contributed by atoms with E-state index >= 15 is 0 Å². The van der Waals surface area contributed by atoms with Crippen LogP contribution in [0.1, 0.15) is 38.4 Å². The average molecular weight is 281 g/mol. The van der Waals surface area contributed by atoms with E-state index in [1.54, 1.807) is 6.07 Å². The van der Waals surface area contributed by atoms with Crippen molar-refractivity contribution in [2.24, 2.45) is 5.84 Å². The Morgan fingerprint density at radius 1 is 1.30 bits per heavy atom. The SMILES string of the molecule is CCOCc1nc(NN)cc(NC2CCC(O)CC2)n1. The molecule has 1 aliphatic rings. The maximum atomic E-state index is 9.52. The first-order valence-electron chi connectivity index (χ1n) is 7.08. The summed E-state index contributed by atoms with van der Waals surface area (Å²) in [6, 6.07) is 2.11. The summed E-state index contributed by atoms with van der Waals surface area (Å²) in [5, 5.41) is 12.9. The van der Waals surface area contributed by atoms with Crippen LogP contribution in [0.4, 0.5) is 11.6 Å². The van der Waals surface area contributed by atoms with E-state index in [4.69, 9.17) is 10.6 Å². The predicted octanol–water partition coefficient (Wildman–Crippen LogP) is 1.01. The van der Waals surface area contributed by atoms with Crippen LogP contribution in [0.25, 0.3) is 0 Å². The monoisotopic (exact) mass is 281 g/mol. The van der Waals surface area contributed by atoms with Gasteiger partial charge < -0.3 is 20.6 Å². The molecule has 0 aliphatic heterocycles. The lowest BCUT2D eigenvalue weighted by Gasteiger charge is -2.26. The molecule has 0 spiro atoms. The van der Waals surface area contributed by atoms with E-state index in [-0.39, 0.29) is 6.10 Å². The van der Waals surface area contributed by atoms with Gasteiger partial charge in [0.2, 0.25) is 0 Å². The zero-order chi connectivity index (χ0) is 14.4. The van der Waals surface area contributed by atoms with E-state index in [1.807, 2.05) is 6.92 Å². The third kappa shape index (κ3) is 4.29. The molecule has 0 aromatic carbocycles. The van der Waals surface area contributed by atoms with Crippen LogP contribution in [0.15, 0.2) is 6.07 Å². The lowest BCUT2D eigenvalue weighted by atomic mass is 9.93. The van der Waals surface area contributed by atoms with Crippen molar-refractivity contribution in [3.63, 3.8) is 0 Å². The molecule has 1 saturated carbocycles. The topological polar surface area (TPSA) is 105 Å². The largest absolute Gasteiger partial charge is 0.393 e. The van der Waals surface area contributed by atoms with Crippen LogP contribution in [0.3, 0.4) is 0 Å². The number of aliphatic hydroxyl groups is 1. The average Bonchev–Trinajstić information content (AvgIpc) is 2.47. The van der Waals surface area contributed by atoms with Crippen molar-refractivity contribution < 1.29 is 9.84 Å². The van der Waals surface area contributed by atoms with Gasteiger partial charge in [0.05, 0.1) is 6.10 Å². The maximum Gasteiger partial charge on any atom is 0.158 e. The molecule has 5 N–H and O–H groups in total. The molecule has 0 amide bonds. The minimum Gasteiger partial charge on any atom is -0.393 e. The van der Waals surface area contributed by atoms with E-state index in [2.05, 4.69) is 20.7 Å². The Bertz CT molecular complexity index is 421.